The Kier molecular flexibility index (Phi) is 1.73. The van der Waals surface area contributed by atoms with Crippen LogP contribution in [-0.2, 0) is 0 Å². The van der Waals surface area contributed by atoms with Crippen LogP contribution in [0.5, 0.6) is 0 Å². The van der Waals surface area contributed by atoms with E-state index in [-0.39, 0.29) is 0 Å². The molecule has 0 unspecified atom stereocenters. The van der Waals surface area contributed by atoms with Gasteiger partial charge in [-0.25, -0.2) is 0 Å². The van der Waals surface area contributed by atoms with Gasteiger partial charge in [0.2, 0.25) is 0 Å². The molecule has 0 bridgehead atoms. The minimum atomic E-state index is 0.646. The Labute approximate surface area is 75.8 Å². The molecule has 1 aromatic carbocycles. The van der Waals surface area contributed by atoms with Crippen molar-refractivity contribution in [3.8, 4) is 0 Å². The molecule has 0 fully saturated rings. The number of fused-ring (bicyclic) bond motifs is 1. The number of benzene rings is 1. The molecule has 2 rings (SSSR count). The zero-order valence-corrected chi connectivity index (χ0v) is 7.28. The average Bonchev–Trinajstić information content (AvgIpc) is 2.19. The number of nitrogen functional groups attached to an aromatic ring is 1. The van der Waals surface area contributed by atoms with Crippen molar-refractivity contribution >= 4 is 22.4 Å². The summed E-state index contributed by atoms with van der Waals surface area (Å²) in [6.45, 7) is 0. The Morgan fingerprint density at radius 3 is 2.77 bits per heavy atom. The first-order valence-electron chi connectivity index (χ1n) is 4.00. The SMILES string of the molecule is CNc1ccc2nccnc2c1N. The van der Waals surface area contributed by atoms with Crippen LogP contribution in [0.25, 0.3) is 11.0 Å². The van der Waals surface area contributed by atoms with Crippen LogP contribution in [0.4, 0.5) is 11.4 Å². The lowest BCUT2D eigenvalue weighted by atomic mass is 10.2. The summed E-state index contributed by atoms with van der Waals surface area (Å²) in [6, 6.07) is 3.79. The molecule has 0 radical (unpaired) electrons. The van der Waals surface area contributed by atoms with Gasteiger partial charge in [-0.2, -0.15) is 0 Å². The number of aromatic nitrogens is 2. The van der Waals surface area contributed by atoms with Gasteiger partial charge in [0.1, 0.15) is 5.52 Å². The highest BCUT2D eigenvalue weighted by molar-refractivity contribution is 5.93. The van der Waals surface area contributed by atoms with Gasteiger partial charge in [-0.1, -0.05) is 0 Å². The molecule has 0 atom stereocenters. The molecule has 0 amide bonds. The lowest BCUT2D eigenvalue weighted by Crippen LogP contribution is -1.97. The van der Waals surface area contributed by atoms with E-state index in [0.29, 0.717) is 5.69 Å². The lowest BCUT2D eigenvalue weighted by molar-refractivity contribution is 1.29. The number of hydrogen-bond donors (Lipinski definition) is 2. The summed E-state index contributed by atoms with van der Waals surface area (Å²) >= 11 is 0. The molecule has 0 aliphatic carbocycles. The van der Waals surface area contributed by atoms with E-state index in [2.05, 4.69) is 15.3 Å². The van der Waals surface area contributed by atoms with Crippen molar-refractivity contribution in [3.63, 3.8) is 0 Å². The standard InChI is InChI=1S/C9H10N4/c1-11-6-2-3-7-9(8(6)10)13-5-4-12-7/h2-5,11H,10H2,1H3. The van der Waals surface area contributed by atoms with E-state index in [9.17, 15) is 0 Å². The third kappa shape index (κ3) is 1.16. The maximum atomic E-state index is 5.86. The fourth-order valence-electron chi connectivity index (χ4n) is 1.28. The van der Waals surface area contributed by atoms with Crippen LogP contribution in [0.3, 0.4) is 0 Å². The number of rotatable bonds is 1. The third-order valence-electron chi connectivity index (χ3n) is 1.95. The number of anilines is 2. The Hall–Kier alpha value is -1.84. The zero-order chi connectivity index (χ0) is 9.26. The van der Waals surface area contributed by atoms with Crippen molar-refractivity contribution in [1.82, 2.24) is 9.97 Å². The van der Waals surface area contributed by atoms with Gasteiger partial charge in [0, 0.05) is 19.4 Å². The maximum absolute atomic E-state index is 5.86. The summed E-state index contributed by atoms with van der Waals surface area (Å²) in [5.74, 6) is 0. The number of nitrogens with two attached hydrogens (primary N) is 1. The first kappa shape index (κ1) is 7.79. The van der Waals surface area contributed by atoms with E-state index in [1.54, 1.807) is 12.4 Å². The van der Waals surface area contributed by atoms with E-state index in [4.69, 9.17) is 5.73 Å². The Bertz CT molecular complexity index is 439. The first-order valence-corrected chi connectivity index (χ1v) is 4.00. The van der Waals surface area contributed by atoms with E-state index < -0.39 is 0 Å². The second kappa shape index (κ2) is 2.90. The third-order valence-corrected chi connectivity index (χ3v) is 1.95. The predicted octanol–water partition coefficient (Wildman–Crippen LogP) is 1.25. The van der Waals surface area contributed by atoms with Crippen LogP contribution in [0.2, 0.25) is 0 Å². The van der Waals surface area contributed by atoms with Crippen molar-refractivity contribution in [2.45, 2.75) is 0 Å². The molecule has 1 heterocycles. The molecule has 66 valence electrons. The van der Waals surface area contributed by atoms with Gasteiger partial charge >= 0.3 is 0 Å². The Morgan fingerprint density at radius 1 is 1.23 bits per heavy atom. The van der Waals surface area contributed by atoms with E-state index in [1.165, 1.54) is 0 Å². The van der Waals surface area contributed by atoms with Crippen LogP contribution in [0, 0.1) is 0 Å². The highest BCUT2D eigenvalue weighted by atomic mass is 14.9. The van der Waals surface area contributed by atoms with Gasteiger partial charge in [0.25, 0.3) is 0 Å². The minimum Gasteiger partial charge on any atom is -0.395 e. The molecule has 4 nitrogen and oxygen atoms in total. The van der Waals surface area contributed by atoms with Crippen molar-refractivity contribution < 1.29 is 0 Å². The van der Waals surface area contributed by atoms with Crippen molar-refractivity contribution in [3.05, 3.63) is 24.5 Å². The average molecular weight is 174 g/mol. The van der Waals surface area contributed by atoms with E-state index in [1.807, 2.05) is 19.2 Å². The second-order valence-corrected chi connectivity index (χ2v) is 2.70. The van der Waals surface area contributed by atoms with Crippen LogP contribution in [0.15, 0.2) is 24.5 Å². The number of nitrogens with one attached hydrogen (secondary N) is 1. The molecule has 0 saturated heterocycles. The topological polar surface area (TPSA) is 63.8 Å². The molecule has 0 saturated carbocycles. The van der Waals surface area contributed by atoms with Gasteiger partial charge < -0.3 is 11.1 Å². The lowest BCUT2D eigenvalue weighted by Gasteiger charge is -2.06. The summed E-state index contributed by atoms with van der Waals surface area (Å²) in [7, 11) is 1.83. The molecule has 2 aromatic rings. The van der Waals surface area contributed by atoms with Gasteiger partial charge in [0.05, 0.1) is 16.9 Å². The summed E-state index contributed by atoms with van der Waals surface area (Å²) in [6.07, 6.45) is 3.29. The molecular weight excluding hydrogens is 164 g/mol. The Balaban J connectivity index is 2.79. The van der Waals surface area contributed by atoms with Gasteiger partial charge in [-0.3, -0.25) is 9.97 Å². The molecule has 13 heavy (non-hydrogen) atoms. The molecular formula is C9H10N4. The van der Waals surface area contributed by atoms with E-state index >= 15 is 0 Å². The van der Waals surface area contributed by atoms with Crippen LogP contribution in [-0.4, -0.2) is 17.0 Å². The highest BCUT2D eigenvalue weighted by Gasteiger charge is 2.03. The van der Waals surface area contributed by atoms with Crippen LogP contribution in [0.1, 0.15) is 0 Å². The quantitative estimate of drug-likeness (QED) is 0.639. The normalized spacial score (nSPS) is 10.2. The minimum absolute atomic E-state index is 0.646. The number of hydrogen-bond acceptors (Lipinski definition) is 4. The van der Waals surface area contributed by atoms with Gasteiger partial charge in [-0.15, -0.1) is 0 Å². The molecule has 4 heteroatoms. The summed E-state index contributed by atoms with van der Waals surface area (Å²) in [4.78, 5) is 8.31. The number of nitrogens with zero attached hydrogens (tertiary/aromatic N) is 2. The van der Waals surface area contributed by atoms with Crippen molar-refractivity contribution in [2.75, 3.05) is 18.1 Å². The molecule has 3 N–H and O–H groups in total. The van der Waals surface area contributed by atoms with Crippen LogP contribution >= 0.6 is 0 Å². The smallest absolute Gasteiger partial charge is 0.114 e. The predicted molar refractivity (Wildman–Crippen MR) is 53.5 cm³/mol. The molecule has 1 aromatic heterocycles. The zero-order valence-electron chi connectivity index (χ0n) is 7.28. The van der Waals surface area contributed by atoms with Gasteiger partial charge in [-0.05, 0) is 12.1 Å². The first-order chi connectivity index (χ1) is 6.33. The monoisotopic (exact) mass is 174 g/mol. The maximum Gasteiger partial charge on any atom is 0.114 e. The summed E-state index contributed by atoms with van der Waals surface area (Å²) < 4.78 is 0. The van der Waals surface area contributed by atoms with E-state index in [0.717, 1.165) is 16.7 Å². The van der Waals surface area contributed by atoms with Crippen molar-refractivity contribution in [1.29, 1.82) is 0 Å². The highest BCUT2D eigenvalue weighted by Crippen LogP contribution is 2.24. The van der Waals surface area contributed by atoms with Crippen LogP contribution < -0.4 is 11.1 Å². The second-order valence-electron chi connectivity index (χ2n) is 2.70. The molecule has 0 aliphatic heterocycles. The molecule has 0 spiro atoms. The van der Waals surface area contributed by atoms with Gasteiger partial charge in [0.15, 0.2) is 0 Å². The molecule has 0 aliphatic rings. The summed E-state index contributed by atoms with van der Waals surface area (Å²) in [5.41, 5.74) is 8.96. The fourth-order valence-corrected chi connectivity index (χ4v) is 1.28. The Morgan fingerprint density at radius 2 is 2.00 bits per heavy atom. The van der Waals surface area contributed by atoms with Crippen molar-refractivity contribution in [2.24, 2.45) is 0 Å². The largest absolute Gasteiger partial charge is 0.395 e. The summed E-state index contributed by atoms with van der Waals surface area (Å²) in [5, 5.41) is 2.99. The fraction of sp³-hybridized carbons (Fsp3) is 0.111.